The van der Waals surface area contributed by atoms with E-state index in [0.717, 1.165) is 11.4 Å². The van der Waals surface area contributed by atoms with Crippen LogP contribution in [0.3, 0.4) is 0 Å². The Morgan fingerprint density at radius 3 is 2.62 bits per heavy atom. The number of hydrogen-bond acceptors (Lipinski definition) is 4. The maximum Gasteiger partial charge on any atom is 0.246 e. The van der Waals surface area contributed by atoms with Crippen LogP contribution < -0.4 is 15.5 Å². The average Bonchev–Trinajstić information content (AvgIpc) is 3.18. The number of carbonyl (C=O) groups excluding carboxylic acids is 2. The number of aryl methyl sites for hydroxylation is 1. The van der Waals surface area contributed by atoms with Crippen molar-refractivity contribution in [2.75, 3.05) is 42.9 Å². The third-order valence-corrected chi connectivity index (χ3v) is 5.06. The SMILES string of the molecule is CCNC(=NCCCC(=O)Nc1ccc(Cl)cc1)N1CCN(c2cnn(C)c2)C(=O)C1.I. The zero-order valence-corrected chi connectivity index (χ0v) is 21.3. The Labute approximate surface area is 210 Å². The van der Waals surface area contributed by atoms with Gasteiger partial charge in [0.05, 0.1) is 11.9 Å². The molecule has 11 heteroatoms. The second-order valence-corrected chi connectivity index (χ2v) is 7.67. The maximum atomic E-state index is 12.6. The fourth-order valence-electron chi connectivity index (χ4n) is 3.28. The molecule has 3 rings (SSSR count). The number of aromatic nitrogens is 2. The van der Waals surface area contributed by atoms with E-state index >= 15 is 0 Å². The molecule has 2 aromatic rings. The van der Waals surface area contributed by atoms with Gasteiger partial charge in [-0.3, -0.25) is 19.3 Å². The molecule has 1 aromatic carbocycles. The molecular weight excluding hydrogens is 545 g/mol. The number of amides is 2. The molecule has 0 saturated carbocycles. The van der Waals surface area contributed by atoms with Gasteiger partial charge in [-0.1, -0.05) is 11.6 Å². The highest BCUT2D eigenvalue weighted by molar-refractivity contribution is 14.0. The molecule has 2 heterocycles. The first-order valence-electron chi connectivity index (χ1n) is 10.3. The molecule has 0 spiro atoms. The molecule has 1 aromatic heterocycles. The van der Waals surface area contributed by atoms with Crippen molar-refractivity contribution >= 4 is 64.7 Å². The van der Waals surface area contributed by atoms with E-state index < -0.39 is 0 Å². The summed E-state index contributed by atoms with van der Waals surface area (Å²) in [7, 11) is 1.83. The molecule has 9 nitrogen and oxygen atoms in total. The lowest BCUT2D eigenvalue weighted by atomic mass is 10.2. The van der Waals surface area contributed by atoms with Crippen LogP contribution in [0.2, 0.25) is 5.02 Å². The standard InChI is InChI=1S/C21H28ClN7O2.HI/c1-3-23-21(24-10-4-5-19(30)26-17-8-6-16(22)7-9-17)28-11-12-29(20(31)15-28)18-13-25-27(2)14-18;/h6-9,13-14H,3-5,10-12,15H2,1-2H3,(H,23,24)(H,26,30);1H. The van der Waals surface area contributed by atoms with Crippen LogP contribution in [0.1, 0.15) is 19.8 Å². The van der Waals surface area contributed by atoms with Gasteiger partial charge in [0.15, 0.2) is 5.96 Å². The second-order valence-electron chi connectivity index (χ2n) is 7.23. The van der Waals surface area contributed by atoms with E-state index in [4.69, 9.17) is 11.6 Å². The number of halogens is 2. The van der Waals surface area contributed by atoms with Gasteiger partial charge in [0.2, 0.25) is 11.8 Å². The smallest absolute Gasteiger partial charge is 0.246 e. The Kier molecular flexibility index (Phi) is 10.2. The minimum absolute atomic E-state index is 0. The summed E-state index contributed by atoms with van der Waals surface area (Å²) in [4.78, 5) is 33.1. The number of aliphatic imine (C=N–C) groups is 1. The number of nitrogens with one attached hydrogen (secondary N) is 2. The van der Waals surface area contributed by atoms with Crippen LogP contribution in [-0.2, 0) is 16.6 Å². The Morgan fingerprint density at radius 1 is 1.25 bits per heavy atom. The highest BCUT2D eigenvalue weighted by Crippen LogP contribution is 2.16. The van der Waals surface area contributed by atoms with Crippen LogP contribution in [0.4, 0.5) is 11.4 Å². The van der Waals surface area contributed by atoms with E-state index in [2.05, 4.69) is 20.7 Å². The number of anilines is 2. The Balaban J connectivity index is 0.00000363. The summed E-state index contributed by atoms with van der Waals surface area (Å²) in [6.07, 6.45) is 4.50. The van der Waals surface area contributed by atoms with E-state index in [-0.39, 0.29) is 42.3 Å². The third kappa shape index (κ3) is 7.37. The van der Waals surface area contributed by atoms with Crippen LogP contribution in [0.25, 0.3) is 0 Å². The van der Waals surface area contributed by atoms with Crippen molar-refractivity contribution in [3.05, 3.63) is 41.7 Å². The van der Waals surface area contributed by atoms with E-state index in [1.165, 1.54) is 0 Å². The summed E-state index contributed by atoms with van der Waals surface area (Å²) >= 11 is 5.85. The van der Waals surface area contributed by atoms with E-state index in [9.17, 15) is 9.59 Å². The Morgan fingerprint density at radius 2 is 2.00 bits per heavy atom. The number of nitrogens with zero attached hydrogens (tertiary/aromatic N) is 5. The first kappa shape index (κ1) is 25.9. The summed E-state index contributed by atoms with van der Waals surface area (Å²) < 4.78 is 1.68. The van der Waals surface area contributed by atoms with Crippen molar-refractivity contribution in [3.63, 3.8) is 0 Å². The summed E-state index contributed by atoms with van der Waals surface area (Å²) in [5, 5.41) is 10.9. The van der Waals surface area contributed by atoms with E-state index in [1.54, 1.807) is 40.0 Å². The van der Waals surface area contributed by atoms with Gasteiger partial charge in [0.25, 0.3) is 0 Å². The molecule has 0 radical (unpaired) electrons. The summed E-state index contributed by atoms with van der Waals surface area (Å²) in [5.41, 5.74) is 1.53. The molecule has 32 heavy (non-hydrogen) atoms. The third-order valence-electron chi connectivity index (χ3n) is 4.81. The number of rotatable bonds is 7. The number of hydrogen-bond donors (Lipinski definition) is 2. The second kappa shape index (κ2) is 12.6. The molecule has 2 N–H and O–H groups in total. The predicted octanol–water partition coefficient (Wildman–Crippen LogP) is 2.72. The monoisotopic (exact) mass is 573 g/mol. The molecule has 2 amide bonds. The molecule has 0 unspecified atom stereocenters. The van der Waals surface area contributed by atoms with Gasteiger partial charge in [-0.2, -0.15) is 5.10 Å². The highest BCUT2D eigenvalue weighted by Gasteiger charge is 2.27. The minimum Gasteiger partial charge on any atom is -0.357 e. The van der Waals surface area contributed by atoms with Gasteiger partial charge in [0.1, 0.15) is 6.54 Å². The van der Waals surface area contributed by atoms with Crippen LogP contribution >= 0.6 is 35.6 Å². The molecule has 0 aliphatic carbocycles. The van der Waals surface area contributed by atoms with Crippen LogP contribution in [-0.4, -0.2) is 65.2 Å². The Hall–Kier alpha value is -2.34. The first-order chi connectivity index (χ1) is 15.0. The van der Waals surface area contributed by atoms with E-state index in [1.807, 2.05) is 25.1 Å². The summed E-state index contributed by atoms with van der Waals surface area (Å²) in [6, 6.07) is 7.01. The number of carbonyl (C=O) groups is 2. The fourth-order valence-corrected chi connectivity index (χ4v) is 3.41. The topological polar surface area (TPSA) is 94.9 Å². The van der Waals surface area contributed by atoms with Crippen molar-refractivity contribution in [1.29, 1.82) is 0 Å². The lowest BCUT2D eigenvalue weighted by molar-refractivity contribution is -0.120. The zero-order valence-electron chi connectivity index (χ0n) is 18.3. The van der Waals surface area contributed by atoms with Crippen molar-refractivity contribution in [2.45, 2.75) is 19.8 Å². The van der Waals surface area contributed by atoms with Gasteiger partial charge < -0.3 is 20.4 Å². The maximum absolute atomic E-state index is 12.6. The van der Waals surface area contributed by atoms with Gasteiger partial charge in [-0.25, -0.2) is 0 Å². The largest absolute Gasteiger partial charge is 0.357 e. The van der Waals surface area contributed by atoms with E-state index in [0.29, 0.717) is 50.0 Å². The fraction of sp³-hybridized carbons (Fsp3) is 0.429. The molecule has 174 valence electrons. The average molecular weight is 574 g/mol. The zero-order chi connectivity index (χ0) is 22.2. The molecule has 1 aliphatic rings. The van der Waals surface area contributed by atoms with Crippen molar-refractivity contribution < 1.29 is 9.59 Å². The summed E-state index contributed by atoms with van der Waals surface area (Å²) in [5.74, 6) is 0.634. The minimum atomic E-state index is -0.0669. The molecule has 1 fully saturated rings. The lowest BCUT2D eigenvalue weighted by Crippen LogP contribution is -2.55. The molecular formula is C21H29ClIN7O2. The first-order valence-corrected chi connectivity index (χ1v) is 10.7. The van der Waals surface area contributed by atoms with Crippen molar-refractivity contribution in [2.24, 2.45) is 12.0 Å². The molecule has 0 bridgehead atoms. The highest BCUT2D eigenvalue weighted by atomic mass is 127. The Bertz CT molecular complexity index is 932. The van der Waals surface area contributed by atoms with Gasteiger partial charge in [0, 0.05) is 56.6 Å². The van der Waals surface area contributed by atoms with Crippen molar-refractivity contribution in [3.8, 4) is 0 Å². The van der Waals surface area contributed by atoms with Gasteiger partial charge >= 0.3 is 0 Å². The van der Waals surface area contributed by atoms with Gasteiger partial charge in [-0.15, -0.1) is 24.0 Å². The van der Waals surface area contributed by atoms with Crippen LogP contribution in [0.15, 0.2) is 41.7 Å². The van der Waals surface area contributed by atoms with Crippen molar-refractivity contribution in [1.82, 2.24) is 20.0 Å². The number of benzene rings is 1. The number of piperazine rings is 1. The molecule has 1 aliphatic heterocycles. The molecule has 1 saturated heterocycles. The quantitative estimate of drug-likeness (QED) is 0.230. The summed E-state index contributed by atoms with van der Waals surface area (Å²) in [6.45, 7) is 4.67. The van der Waals surface area contributed by atoms with Crippen LogP contribution in [0, 0.1) is 0 Å². The number of guanidine groups is 1. The molecule has 0 atom stereocenters. The van der Waals surface area contributed by atoms with Crippen LogP contribution in [0.5, 0.6) is 0 Å². The normalized spacial score (nSPS) is 14.2. The van der Waals surface area contributed by atoms with Gasteiger partial charge in [-0.05, 0) is 37.6 Å². The predicted molar refractivity (Wildman–Crippen MR) is 138 cm³/mol. The lowest BCUT2D eigenvalue weighted by Gasteiger charge is -2.35.